The number of hydrogen-bond donors (Lipinski definition) is 1. The molecule has 1 saturated heterocycles. The number of rotatable bonds is 8. The number of nitrogens with one attached hydrogen (secondary N) is 1. The van der Waals surface area contributed by atoms with Gasteiger partial charge in [-0.25, -0.2) is 0 Å². The van der Waals surface area contributed by atoms with E-state index in [1.807, 2.05) is 48.5 Å². The Labute approximate surface area is 160 Å². The highest BCUT2D eigenvalue weighted by Gasteiger charge is 2.17. The molecule has 1 fully saturated rings. The van der Waals surface area contributed by atoms with Gasteiger partial charge in [-0.05, 0) is 56.0 Å². The molecule has 3 rings (SSSR count). The molecule has 1 N–H and O–H groups in total. The van der Waals surface area contributed by atoms with Crippen molar-refractivity contribution in [3.8, 4) is 11.5 Å². The summed E-state index contributed by atoms with van der Waals surface area (Å²) in [4.78, 5) is 12.4. The van der Waals surface area contributed by atoms with Gasteiger partial charge >= 0.3 is 0 Å². The van der Waals surface area contributed by atoms with Crippen LogP contribution in [0, 0.1) is 0 Å². The zero-order chi connectivity index (χ0) is 19.1. The first-order valence-corrected chi connectivity index (χ1v) is 9.55. The maximum atomic E-state index is 12.4. The van der Waals surface area contributed by atoms with E-state index in [2.05, 4.69) is 12.2 Å². The SMILES string of the molecule is CCc1ccc(O[C@@H](C)C(=O)Nc2cccc(OC[C@H]3CCCO3)c2)cc1. The molecule has 1 aliphatic rings. The smallest absolute Gasteiger partial charge is 0.265 e. The molecular weight excluding hydrogens is 342 g/mol. The fourth-order valence-electron chi connectivity index (χ4n) is 2.93. The molecule has 2 aromatic carbocycles. The van der Waals surface area contributed by atoms with Crippen LogP contribution >= 0.6 is 0 Å². The van der Waals surface area contributed by atoms with Crippen molar-refractivity contribution in [2.75, 3.05) is 18.5 Å². The number of ether oxygens (including phenoxy) is 3. The van der Waals surface area contributed by atoms with Crippen LogP contribution in [0.15, 0.2) is 48.5 Å². The van der Waals surface area contributed by atoms with E-state index in [0.717, 1.165) is 25.9 Å². The van der Waals surface area contributed by atoms with Crippen LogP contribution in [0.3, 0.4) is 0 Å². The molecule has 0 aliphatic carbocycles. The first-order valence-electron chi connectivity index (χ1n) is 9.55. The van der Waals surface area contributed by atoms with E-state index < -0.39 is 6.10 Å². The Kier molecular flexibility index (Phi) is 6.71. The Morgan fingerprint density at radius 2 is 2.04 bits per heavy atom. The number of anilines is 1. The molecule has 5 nitrogen and oxygen atoms in total. The minimum absolute atomic E-state index is 0.163. The largest absolute Gasteiger partial charge is 0.491 e. The molecule has 27 heavy (non-hydrogen) atoms. The molecule has 1 aliphatic heterocycles. The molecule has 0 bridgehead atoms. The highest BCUT2D eigenvalue weighted by molar-refractivity contribution is 5.94. The van der Waals surface area contributed by atoms with E-state index in [-0.39, 0.29) is 12.0 Å². The minimum Gasteiger partial charge on any atom is -0.491 e. The molecule has 2 aromatic rings. The maximum absolute atomic E-state index is 12.4. The summed E-state index contributed by atoms with van der Waals surface area (Å²) in [5, 5.41) is 2.88. The number of carbonyl (C=O) groups is 1. The van der Waals surface area contributed by atoms with Gasteiger partial charge < -0.3 is 19.5 Å². The standard InChI is InChI=1S/C22H27NO4/c1-3-17-9-11-19(12-10-17)27-16(2)22(24)23-18-6-4-7-20(14-18)26-15-21-8-5-13-25-21/h4,6-7,9-12,14,16,21H,3,5,8,13,15H2,1-2H3,(H,23,24)/t16-,21+/m0/s1. The highest BCUT2D eigenvalue weighted by Crippen LogP contribution is 2.20. The number of benzene rings is 2. The average Bonchev–Trinajstić information content (AvgIpc) is 3.21. The van der Waals surface area contributed by atoms with Crippen LogP contribution in [0.4, 0.5) is 5.69 Å². The second kappa shape index (κ2) is 9.42. The van der Waals surface area contributed by atoms with Gasteiger partial charge in [0.15, 0.2) is 6.10 Å². The molecule has 2 atom stereocenters. The van der Waals surface area contributed by atoms with Gasteiger partial charge in [-0.3, -0.25) is 4.79 Å². The fourth-order valence-corrected chi connectivity index (χ4v) is 2.93. The predicted molar refractivity (Wildman–Crippen MR) is 105 cm³/mol. The molecule has 0 unspecified atom stereocenters. The second-order valence-electron chi connectivity index (χ2n) is 6.72. The van der Waals surface area contributed by atoms with Crippen LogP contribution in [0.25, 0.3) is 0 Å². The lowest BCUT2D eigenvalue weighted by molar-refractivity contribution is -0.122. The summed E-state index contributed by atoms with van der Waals surface area (Å²) in [6, 6.07) is 15.2. The Morgan fingerprint density at radius 3 is 2.74 bits per heavy atom. The summed E-state index contributed by atoms with van der Waals surface area (Å²) in [6.07, 6.45) is 2.65. The van der Waals surface area contributed by atoms with Gasteiger partial charge in [-0.1, -0.05) is 25.1 Å². The first-order chi connectivity index (χ1) is 13.1. The van der Waals surface area contributed by atoms with Crippen molar-refractivity contribution < 1.29 is 19.0 Å². The van der Waals surface area contributed by atoms with Gasteiger partial charge in [0, 0.05) is 18.4 Å². The van der Waals surface area contributed by atoms with Gasteiger partial charge in [0.1, 0.15) is 18.1 Å². The maximum Gasteiger partial charge on any atom is 0.265 e. The topological polar surface area (TPSA) is 56.8 Å². The van der Waals surface area contributed by atoms with Crippen LogP contribution in [-0.4, -0.2) is 31.3 Å². The summed E-state index contributed by atoms with van der Waals surface area (Å²) in [7, 11) is 0. The Hall–Kier alpha value is -2.53. The van der Waals surface area contributed by atoms with Crippen LogP contribution < -0.4 is 14.8 Å². The monoisotopic (exact) mass is 369 g/mol. The molecule has 1 heterocycles. The summed E-state index contributed by atoms with van der Waals surface area (Å²) < 4.78 is 17.1. The number of hydrogen-bond acceptors (Lipinski definition) is 4. The third-order valence-electron chi connectivity index (χ3n) is 4.58. The van der Waals surface area contributed by atoms with Crippen molar-refractivity contribution in [2.45, 2.75) is 45.3 Å². The Bertz CT molecular complexity index is 738. The fraction of sp³-hybridized carbons (Fsp3) is 0.409. The molecule has 0 aromatic heterocycles. The van der Waals surface area contributed by atoms with Gasteiger partial charge in [-0.2, -0.15) is 0 Å². The van der Waals surface area contributed by atoms with Gasteiger partial charge in [0.25, 0.3) is 5.91 Å². The normalized spacial score (nSPS) is 17.3. The van der Waals surface area contributed by atoms with Crippen molar-refractivity contribution in [1.29, 1.82) is 0 Å². The lowest BCUT2D eigenvalue weighted by Crippen LogP contribution is -2.30. The summed E-state index contributed by atoms with van der Waals surface area (Å²) in [5.74, 6) is 1.20. The molecule has 5 heteroatoms. The minimum atomic E-state index is -0.603. The van der Waals surface area contributed by atoms with E-state index in [1.165, 1.54) is 5.56 Å². The van der Waals surface area contributed by atoms with Crippen LogP contribution in [0.2, 0.25) is 0 Å². The van der Waals surface area contributed by atoms with E-state index in [1.54, 1.807) is 6.92 Å². The van der Waals surface area contributed by atoms with Crippen molar-refractivity contribution in [2.24, 2.45) is 0 Å². The Balaban J connectivity index is 1.52. The molecule has 0 spiro atoms. The molecule has 144 valence electrons. The first kappa shape index (κ1) is 19.2. The molecule has 1 amide bonds. The zero-order valence-electron chi connectivity index (χ0n) is 15.9. The summed E-state index contributed by atoms with van der Waals surface area (Å²) in [5.41, 5.74) is 1.92. The Morgan fingerprint density at radius 1 is 1.22 bits per heavy atom. The van der Waals surface area contributed by atoms with Crippen LogP contribution in [-0.2, 0) is 16.0 Å². The third kappa shape index (κ3) is 5.73. The lowest BCUT2D eigenvalue weighted by atomic mass is 10.2. The van der Waals surface area contributed by atoms with Crippen LogP contribution in [0.1, 0.15) is 32.3 Å². The third-order valence-corrected chi connectivity index (χ3v) is 4.58. The van der Waals surface area contributed by atoms with Gasteiger partial charge in [0.05, 0.1) is 6.10 Å². The van der Waals surface area contributed by atoms with Gasteiger partial charge in [0.2, 0.25) is 0 Å². The highest BCUT2D eigenvalue weighted by atomic mass is 16.5. The lowest BCUT2D eigenvalue weighted by Gasteiger charge is -2.16. The predicted octanol–water partition coefficient (Wildman–Crippen LogP) is 4.21. The van der Waals surface area contributed by atoms with Gasteiger partial charge in [-0.15, -0.1) is 0 Å². The van der Waals surface area contributed by atoms with Crippen molar-refractivity contribution in [3.05, 3.63) is 54.1 Å². The van der Waals surface area contributed by atoms with Crippen molar-refractivity contribution >= 4 is 11.6 Å². The van der Waals surface area contributed by atoms with E-state index in [9.17, 15) is 4.79 Å². The quantitative estimate of drug-likeness (QED) is 0.757. The average molecular weight is 369 g/mol. The molecule has 0 radical (unpaired) electrons. The molecule has 0 saturated carbocycles. The number of aryl methyl sites for hydroxylation is 1. The van der Waals surface area contributed by atoms with Crippen molar-refractivity contribution in [3.63, 3.8) is 0 Å². The summed E-state index contributed by atoms with van der Waals surface area (Å²) in [6.45, 7) is 5.18. The molecular formula is C22H27NO4. The summed E-state index contributed by atoms with van der Waals surface area (Å²) >= 11 is 0. The van der Waals surface area contributed by atoms with E-state index in [0.29, 0.717) is 23.8 Å². The van der Waals surface area contributed by atoms with Crippen molar-refractivity contribution in [1.82, 2.24) is 0 Å². The van der Waals surface area contributed by atoms with E-state index in [4.69, 9.17) is 14.2 Å². The number of carbonyl (C=O) groups excluding carboxylic acids is 1. The number of amides is 1. The second-order valence-corrected chi connectivity index (χ2v) is 6.72. The van der Waals surface area contributed by atoms with E-state index >= 15 is 0 Å². The van der Waals surface area contributed by atoms with Crippen LogP contribution in [0.5, 0.6) is 11.5 Å². The zero-order valence-corrected chi connectivity index (χ0v) is 15.9.